The van der Waals surface area contributed by atoms with Gasteiger partial charge in [0.2, 0.25) is 0 Å². The Hall–Kier alpha value is -0.610. The molecule has 1 saturated carbocycles. The minimum atomic E-state index is -0.798. The van der Waals surface area contributed by atoms with E-state index in [1.165, 1.54) is 0 Å². The van der Waals surface area contributed by atoms with E-state index in [1.54, 1.807) is 13.8 Å². The van der Waals surface area contributed by atoms with Crippen molar-refractivity contribution in [3.63, 3.8) is 0 Å². The lowest BCUT2D eigenvalue weighted by molar-refractivity contribution is -0.147. The Balaban J connectivity index is 2.43. The molecule has 1 fully saturated rings. The second kappa shape index (κ2) is 3.76. The molecule has 1 aliphatic carbocycles. The lowest BCUT2D eigenvalue weighted by Gasteiger charge is -2.50. The van der Waals surface area contributed by atoms with Gasteiger partial charge in [-0.3, -0.25) is 4.79 Å². The second-order valence-corrected chi connectivity index (χ2v) is 5.70. The highest BCUT2D eigenvalue weighted by molar-refractivity contribution is 5.73. The zero-order chi connectivity index (χ0) is 11.9. The molecule has 0 amide bonds. The first-order valence-corrected chi connectivity index (χ1v) is 5.33. The van der Waals surface area contributed by atoms with Crippen molar-refractivity contribution in [1.82, 2.24) is 5.32 Å². The van der Waals surface area contributed by atoms with Gasteiger partial charge >= 0.3 is 5.97 Å². The number of hydrogen-bond donors (Lipinski definition) is 3. The third-order valence-corrected chi connectivity index (χ3v) is 3.59. The molecule has 0 aliphatic heterocycles. The molecule has 0 spiro atoms. The Morgan fingerprint density at radius 1 is 1.53 bits per heavy atom. The Morgan fingerprint density at radius 3 is 2.40 bits per heavy atom. The fraction of sp³-hybridized carbons (Fsp3) is 0.909. The third kappa shape index (κ3) is 2.32. The first-order chi connectivity index (χ1) is 6.68. The van der Waals surface area contributed by atoms with Gasteiger partial charge in [-0.05, 0) is 20.3 Å². The van der Waals surface area contributed by atoms with Crippen LogP contribution in [-0.2, 0) is 4.79 Å². The number of aliphatic hydroxyl groups is 1. The van der Waals surface area contributed by atoms with Gasteiger partial charge in [0, 0.05) is 18.0 Å². The molecule has 0 aromatic carbocycles. The van der Waals surface area contributed by atoms with E-state index in [0.29, 0.717) is 13.0 Å². The number of carboxylic acid groups (broad SMARTS) is 1. The molecule has 88 valence electrons. The summed E-state index contributed by atoms with van der Waals surface area (Å²) < 4.78 is 0. The standard InChI is InChI=1S/C11H21NO3/c1-10(2,9(14)15)6-12-7-5-8(13)11(7,3)4/h7-8,12-13H,5-6H2,1-4H3,(H,14,15). The predicted molar refractivity (Wildman–Crippen MR) is 57.6 cm³/mol. The maximum Gasteiger partial charge on any atom is 0.310 e. The first kappa shape index (κ1) is 12.5. The van der Waals surface area contributed by atoms with Crippen LogP contribution in [0.1, 0.15) is 34.1 Å². The van der Waals surface area contributed by atoms with Gasteiger partial charge in [-0.15, -0.1) is 0 Å². The van der Waals surface area contributed by atoms with Gasteiger partial charge in [-0.1, -0.05) is 13.8 Å². The van der Waals surface area contributed by atoms with Crippen LogP contribution in [0.2, 0.25) is 0 Å². The molecule has 3 N–H and O–H groups in total. The van der Waals surface area contributed by atoms with E-state index >= 15 is 0 Å². The van der Waals surface area contributed by atoms with Crippen molar-refractivity contribution in [2.24, 2.45) is 10.8 Å². The van der Waals surface area contributed by atoms with Crippen LogP contribution in [0, 0.1) is 10.8 Å². The molecule has 4 nitrogen and oxygen atoms in total. The lowest BCUT2D eigenvalue weighted by Crippen LogP contribution is -2.61. The molecule has 2 unspecified atom stereocenters. The van der Waals surface area contributed by atoms with Gasteiger partial charge in [0.25, 0.3) is 0 Å². The average Bonchev–Trinajstić information content (AvgIpc) is 2.11. The minimum Gasteiger partial charge on any atom is -0.481 e. The lowest BCUT2D eigenvalue weighted by atomic mass is 9.64. The summed E-state index contributed by atoms with van der Waals surface area (Å²) in [6.07, 6.45) is 0.436. The number of rotatable bonds is 4. The topological polar surface area (TPSA) is 69.6 Å². The molecule has 2 atom stereocenters. The van der Waals surface area contributed by atoms with E-state index in [0.717, 1.165) is 0 Å². The summed E-state index contributed by atoms with van der Waals surface area (Å²) >= 11 is 0. The van der Waals surface area contributed by atoms with Gasteiger partial charge < -0.3 is 15.5 Å². The molecule has 0 radical (unpaired) electrons. The number of carbonyl (C=O) groups is 1. The van der Waals surface area contributed by atoms with E-state index < -0.39 is 11.4 Å². The number of nitrogens with one attached hydrogen (secondary N) is 1. The Morgan fingerprint density at radius 2 is 2.07 bits per heavy atom. The van der Waals surface area contributed by atoms with Crippen LogP contribution in [0.5, 0.6) is 0 Å². The normalized spacial score (nSPS) is 29.7. The molecule has 1 aliphatic rings. The summed E-state index contributed by atoms with van der Waals surface area (Å²) in [5.41, 5.74) is -0.898. The summed E-state index contributed by atoms with van der Waals surface area (Å²) in [6, 6.07) is 0.214. The maximum absolute atomic E-state index is 10.9. The highest BCUT2D eigenvalue weighted by Gasteiger charge is 2.47. The first-order valence-electron chi connectivity index (χ1n) is 5.33. The highest BCUT2D eigenvalue weighted by Crippen LogP contribution is 2.40. The average molecular weight is 215 g/mol. The highest BCUT2D eigenvalue weighted by atomic mass is 16.4. The van der Waals surface area contributed by atoms with Gasteiger partial charge in [0.1, 0.15) is 0 Å². The fourth-order valence-electron chi connectivity index (χ4n) is 1.70. The predicted octanol–water partition coefficient (Wildman–Crippen LogP) is 0.846. The van der Waals surface area contributed by atoms with Crippen LogP contribution in [0.25, 0.3) is 0 Å². The van der Waals surface area contributed by atoms with Crippen LogP contribution in [0.4, 0.5) is 0 Å². The minimum absolute atomic E-state index is 0.144. The van der Waals surface area contributed by atoms with Crippen molar-refractivity contribution in [3.05, 3.63) is 0 Å². The quantitative estimate of drug-likeness (QED) is 0.650. The Kier molecular flexibility index (Phi) is 3.12. The molecule has 0 aromatic rings. The Bertz CT molecular complexity index is 261. The van der Waals surface area contributed by atoms with Crippen molar-refractivity contribution in [3.8, 4) is 0 Å². The van der Waals surface area contributed by atoms with Gasteiger partial charge in [-0.2, -0.15) is 0 Å². The van der Waals surface area contributed by atoms with E-state index in [2.05, 4.69) is 5.32 Å². The smallest absolute Gasteiger partial charge is 0.310 e. The van der Waals surface area contributed by atoms with Crippen LogP contribution >= 0.6 is 0 Å². The van der Waals surface area contributed by atoms with Crippen LogP contribution in [-0.4, -0.2) is 34.9 Å². The number of aliphatic carboxylic acids is 1. The van der Waals surface area contributed by atoms with E-state index in [1.807, 2.05) is 13.8 Å². The van der Waals surface area contributed by atoms with Gasteiger partial charge in [0.05, 0.1) is 11.5 Å². The van der Waals surface area contributed by atoms with E-state index in [9.17, 15) is 9.90 Å². The van der Waals surface area contributed by atoms with Crippen LogP contribution in [0.15, 0.2) is 0 Å². The second-order valence-electron chi connectivity index (χ2n) is 5.70. The van der Waals surface area contributed by atoms with Crippen molar-refractivity contribution < 1.29 is 15.0 Å². The van der Waals surface area contributed by atoms with Crippen LogP contribution in [0.3, 0.4) is 0 Å². The summed E-state index contributed by atoms with van der Waals surface area (Å²) in [6.45, 7) is 7.82. The summed E-state index contributed by atoms with van der Waals surface area (Å²) in [7, 11) is 0. The van der Waals surface area contributed by atoms with Gasteiger partial charge in [0.15, 0.2) is 0 Å². The summed E-state index contributed by atoms with van der Waals surface area (Å²) in [5.74, 6) is -0.798. The SMILES string of the molecule is CC(C)(CNC1CC(O)C1(C)C)C(=O)O. The number of carboxylic acids is 1. The summed E-state index contributed by atoms with van der Waals surface area (Å²) in [5, 5.41) is 21.7. The van der Waals surface area contributed by atoms with E-state index in [-0.39, 0.29) is 17.6 Å². The molecule has 0 heterocycles. The molecule has 0 saturated heterocycles. The molecular weight excluding hydrogens is 194 g/mol. The van der Waals surface area contributed by atoms with Crippen molar-refractivity contribution in [2.75, 3.05) is 6.54 Å². The molecule has 0 aromatic heterocycles. The fourth-order valence-corrected chi connectivity index (χ4v) is 1.70. The van der Waals surface area contributed by atoms with E-state index in [4.69, 9.17) is 5.11 Å². The Labute approximate surface area is 90.7 Å². The summed E-state index contributed by atoms with van der Waals surface area (Å²) in [4.78, 5) is 10.9. The molecule has 4 heteroatoms. The maximum atomic E-state index is 10.9. The third-order valence-electron chi connectivity index (χ3n) is 3.59. The zero-order valence-corrected chi connectivity index (χ0v) is 9.87. The van der Waals surface area contributed by atoms with Crippen molar-refractivity contribution in [1.29, 1.82) is 0 Å². The molecular formula is C11H21NO3. The monoisotopic (exact) mass is 215 g/mol. The zero-order valence-electron chi connectivity index (χ0n) is 9.87. The van der Waals surface area contributed by atoms with Gasteiger partial charge in [-0.25, -0.2) is 0 Å². The molecule has 15 heavy (non-hydrogen) atoms. The molecule has 1 rings (SSSR count). The van der Waals surface area contributed by atoms with Crippen molar-refractivity contribution in [2.45, 2.75) is 46.3 Å². The van der Waals surface area contributed by atoms with Crippen molar-refractivity contribution >= 4 is 5.97 Å². The largest absolute Gasteiger partial charge is 0.481 e. The number of aliphatic hydroxyl groups excluding tert-OH is 1. The number of hydrogen-bond acceptors (Lipinski definition) is 3. The molecule has 0 bridgehead atoms. The van der Waals surface area contributed by atoms with Crippen LogP contribution < -0.4 is 5.32 Å².